The van der Waals surface area contributed by atoms with Gasteiger partial charge in [-0.05, 0) is 30.7 Å². The van der Waals surface area contributed by atoms with Gasteiger partial charge in [0.1, 0.15) is 0 Å². The molecule has 2 fully saturated rings. The molecule has 1 aliphatic heterocycles. The minimum absolute atomic E-state index is 0.265. The fraction of sp³-hybridized carbons (Fsp3) is 0.667. The van der Waals surface area contributed by atoms with Gasteiger partial charge in [-0.15, -0.1) is 0 Å². The van der Waals surface area contributed by atoms with Gasteiger partial charge in [-0.25, -0.2) is 18.7 Å². The number of hydrogen-bond acceptors (Lipinski definition) is 4. The summed E-state index contributed by atoms with van der Waals surface area (Å²) in [5.41, 5.74) is 6.52. The molecule has 0 bridgehead atoms. The van der Waals surface area contributed by atoms with Crippen LogP contribution in [0.4, 0.5) is 14.7 Å². The Balaban J connectivity index is 1.74. The Hall–Kier alpha value is -1.30. The van der Waals surface area contributed by atoms with E-state index in [1.165, 1.54) is 17.7 Å². The molecule has 0 spiro atoms. The molecule has 1 saturated heterocycles. The molecule has 0 amide bonds. The fourth-order valence-corrected chi connectivity index (χ4v) is 2.25. The number of anilines is 1. The molecular weight excluding hydrogens is 238 g/mol. The summed E-state index contributed by atoms with van der Waals surface area (Å²) in [6.07, 6.45) is 6.14. The van der Waals surface area contributed by atoms with Crippen molar-refractivity contribution >= 4 is 5.95 Å². The molecule has 1 saturated carbocycles. The Morgan fingerprint density at radius 1 is 1.22 bits per heavy atom. The summed E-state index contributed by atoms with van der Waals surface area (Å²) in [5.74, 6) is -1.90. The van der Waals surface area contributed by atoms with Crippen LogP contribution in [0.3, 0.4) is 0 Å². The average Bonchev–Trinajstić information content (AvgIpc) is 3.17. The van der Waals surface area contributed by atoms with Crippen molar-refractivity contribution in [1.29, 1.82) is 0 Å². The first-order chi connectivity index (χ1) is 8.56. The highest BCUT2D eigenvalue weighted by molar-refractivity contribution is 5.33. The predicted octanol–water partition coefficient (Wildman–Crippen LogP) is 1.53. The minimum Gasteiger partial charge on any atom is -0.335 e. The van der Waals surface area contributed by atoms with Gasteiger partial charge in [0.25, 0.3) is 5.92 Å². The quantitative estimate of drug-likeness (QED) is 0.869. The number of halogens is 2. The number of aromatic nitrogens is 2. The van der Waals surface area contributed by atoms with Crippen molar-refractivity contribution in [2.45, 2.75) is 37.1 Å². The van der Waals surface area contributed by atoms with E-state index in [-0.39, 0.29) is 6.42 Å². The highest BCUT2D eigenvalue weighted by atomic mass is 19.3. The number of alkyl halides is 2. The molecule has 2 N–H and O–H groups in total. The van der Waals surface area contributed by atoms with Crippen LogP contribution in [0.15, 0.2) is 12.4 Å². The smallest absolute Gasteiger partial charge is 0.280 e. The van der Waals surface area contributed by atoms with Crippen LogP contribution in [0.25, 0.3) is 0 Å². The average molecular weight is 254 g/mol. The Labute approximate surface area is 104 Å². The highest BCUT2D eigenvalue weighted by Crippen LogP contribution is 2.39. The van der Waals surface area contributed by atoms with Crippen LogP contribution in [-0.2, 0) is 0 Å². The van der Waals surface area contributed by atoms with E-state index in [2.05, 4.69) is 9.97 Å². The molecule has 1 aliphatic carbocycles. The molecule has 1 unspecified atom stereocenters. The summed E-state index contributed by atoms with van der Waals surface area (Å²) in [4.78, 5) is 9.90. The largest absolute Gasteiger partial charge is 0.335 e. The summed E-state index contributed by atoms with van der Waals surface area (Å²) in [6.45, 7) is 0.0937. The highest BCUT2D eigenvalue weighted by Gasteiger charge is 2.43. The topological polar surface area (TPSA) is 55.0 Å². The molecule has 1 aromatic heterocycles. The van der Waals surface area contributed by atoms with E-state index in [0.717, 1.165) is 5.56 Å². The Morgan fingerprint density at radius 3 is 2.44 bits per heavy atom. The van der Waals surface area contributed by atoms with E-state index in [1.54, 1.807) is 12.4 Å². The van der Waals surface area contributed by atoms with Crippen molar-refractivity contribution in [3.8, 4) is 0 Å². The maximum Gasteiger partial charge on any atom is 0.280 e. The second-order valence-corrected chi connectivity index (χ2v) is 5.17. The third-order valence-corrected chi connectivity index (χ3v) is 3.64. The second-order valence-electron chi connectivity index (χ2n) is 5.17. The van der Waals surface area contributed by atoms with Crippen molar-refractivity contribution in [3.05, 3.63) is 18.0 Å². The summed E-state index contributed by atoms with van der Waals surface area (Å²) in [7, 11) is 0. The fourth-order valence-electron chi connectivity index (χ4n) is 2.25. The van der Waals surface area contributed by atoms with Crippen molar-refractivity contribution in [1.82, 2.24) is 9.97 Å². The van der Waals surface area contributed by atoms with Crippen molar-refractivity contribution in [2.24, 2.45) is 5.73 Å². The molecule has 1 aromatic rings. The number of nitrogens with zero attached hydrogens (tertiary/aromatic N) is 3. The normalized spacial score (nSPS) is 27.3. The monoisotopic (exact) mass is 254 g/mol. The maximum absolute atomic E-state index is 13.5. The predicted molar refractivity (Wildman–Crippen MR) is 63.8 cm³/mol. The molecule has 18 heavy (non-hydrogen) atoms. The summed E-state index contributed by atoms with van der Waals surface area (Å²) in [5, 5.41) is 0. The van der Waals surface area contributed by atoms with E-state index in [0.29, 0.717) is 18.4 Å². The molecular formula is C12H16F2N4. The van der Waals surface area contributed by atoms with Crippen LogP contribution < -0.4 is 10.6 Å². The van der Waals surface area contributed by atoms with Crippen molar-refractivity contribution in [3.63, 3.8) is 0 Å². The Morgan fingerprint density at radius 2 is 1.89 bits per heavy atom. The molecule has 3 rings (SSSR count). The van der Waals surface area contributed by atoms with Gasteiger partial charge >= 0.3 is 0 Å². The first-order valence-corrected chi connectivity index (χ1v) is 6.26. The van der Waals surface area contributed by atoms with Crippen LogP contribution in [0.2, 0.25) is 0 Å². The van der Waals surface area contributed by atoms with E-state index in [1.807, 2.05) is 0 Å². The van der Waals surface area contributed by atoms with Crippen LogP contribution in [-0.4, -0.2) is 35.0 Å². The molecule has 2 aliphatic rings. The molecule has 4 nitrogen and oxygen atoms in total. The lowest BCUT2D eigenvalue weighted by atomic mass is 10.0. The van der Waals surface area contributed by atoms with E-state index >= 15 is 0 Å². The van der Waals surface area contributed by atoms with Gasteiger partial charge < -0.3 is 10.6 Å². The van der Waals surface area contributed by atoms with E-state index in [4.69, 9.17) is 5.73 Å². The van der Waals surface area contributed by atoms with Gasteiger partial charge in [-0.3, -0.25) is 0 Å². The molecule has 2 heterocycles. The third kappa shape index (κ3) is 2.16. The number of rotatable bonds is 2. The Bertz CT molecular complexity index is 430. The molecule has 0 aromatic carbocycles. The number of piperidine rings is 1. The molecule has 0 radical (unpaired) electrons. The maximum atomic E-state index is 13.5. The first-order valence-electron chi connectivity index (χ1n) is 6.26. The van der Waals surface area contributed by atoms with Gasteiger partial charge in [-0.1, -0.05) is 0 Å². The standard InChI is InChI=1S/C12H16F2N4/c13-12(14)7-18(4-3-10(12)15)11-16-5-9(6-17-11)8-1-2-8/h5-6,8,10H,1-4,7,15H2. The Kier molecular flexibility index (Phi) is 2.69. The zero-order chi connectivity index (χ0) is 12.8. The van der Waals surface area contributed by atoms with Crippen LogP contribution in [0.1, 0.15) is 30.7 Å². The summed E-state index contributed by atoms with van der Waals surface area (Å²) >= 11 is 0. The zero-order valence-electron chi connectivity index (χ0n) is 10.0. The minimum atomic E-state index is -2.86. The van der Waals surface area contributed by atoms with Crippen LogP contribution in [0, 0.1) is 0 Å². The lowest BCUT2D eigenvalue weighted by Crippen LogP contribution is -2.55. The zero-order valence-corrected chi connectivity index (χ0v) is 10.0. The lowest BCUT2D eigenvalue weighted by Gasteiger charge is -2.36. The van der Waals surface area contributed by atoms with Crippen LogP contribution in [0.5, 0.6) is 0 Å². The SMILES string of the molecule is NC1CCN(c2ncc(C3CC3)cn2)CC1(F)F. The third-order valence-electron chi connectivity index (χ3n) is 3.64. The van der Waals surface area contributed by atoms with Gasteiger partial charge in [-0.2, -0.15) is 0 Å². The van der Waals surface area contributed by atoms with Crippen molar-refractivity contribution < 1.29 is 8.78 Å². The number of hydrogen-bond donors (Lipinski definition) is 1. The van der Waals surface area contributed by atoms with E-state index in [9.17, 15) is 8.78 Å². The van der Waals surface area contributed by atoms with Gasteiger partial charge in [0.15, 0.2) is 0 Å². The summed E-state index contributed by atoms with van der Waals surface area (Å²) in [6, 6.07) is -1.06. The van der Waals surface area contributed by atoms with Gasteiger partial charge in [0.2, 0.25) is 5.95 Å². The van der Waals surface area contributed by atoms with Crippen LogP contribution >= 0.6 is 0 Å². The first kappa shape index (κ1) is 11.8. The second kappa shape index (κ2) is 4.12. The lowest BCUT2D eigenvalue weighted by molar-refractivity contribution is -0.0303. The number of nitrogens with two attached hydrogens (primary N) is 1. The molecule has 6 heteroatoms. The molecule has 98 valence electrons. The van der Waals surface area contributed by atoms with Gasteiger partial charge in [0.05, 0.1) is 12.6 Å². The van der Waals surface area contributed by atoms with Gasteiger partial charge in [0, 0.05) is 18.9 Å². The molecule has 1 atom stereocenters. The summed E-state index contributed by atoms with van der Waals surface area (Å²) < 4.78 is 27.1. The van der Waals surface area contributed by atoms with Crippen molar-refractivity contribution in [2.75, 3.05) is 18.0 Å². The van der Waals surface area contributed by atoms with E-state index < -0.39 is 18.5 Å².